The van der Waals surface area contributed by atoms with Crippen molar-refractivity contribution in [1.82, 2.24) is 10.2 Å². The number of nitrogens with two attached hydrogens (primary N) is 1. The summed E-state index contributed by atoms with van der Waals surface area (Å²) < 4.78 is 17.3. The molecule has 7 atom stereocenters. The van der Waals surface area contributed by atoms with E-state index in [-0.39, 0.29) is 40.8 Å². The summed E-state index contributed by atoms with van der Waals surface area (Å²) in [4.78, 5) is 79.7. The number of phenolic OH excluding ortho intramolecular Hbond substituents is 2. The van der Waals surface area contributed by atoms with E-state index in [1.165, 1.54) is 44.0 Å². The minimum Gasteiger partial charge on any atom is -0.507 e. The second kappa shape index (κ2) is 14.8. The van der Waals surface area contributed by atoms with Crippen molar-refractivity contribution in [2.75, 3.05) is 32.6 Å². The van der Waals surface area contributed by atoms with Crippen molar-refractivity contribution in [1.29, 1.82) is 0 Å². The minimum atomic E-state index is -2.38. The lowest BCUT2D eigenvalue weighted by Crippen LogP contribution is -2.57. The zero-order valence-corrected chi connectivity index (χ0v) is 29.5. The third-order valence-electron chi connectivity index (χ3n) is 10.0. The molecule has 0 spiro atoms. The molecule has 2 saturated heterocycles. The molecule has 0 radical (unpaired) electrons. The third kappa shape index (κ3) is 6.68. The van der Waals surface area contributed by atoms with Crippen LogP contribution in [0.1, 0.15) is 75.3 Å². The highest BCUT2D eigenvalue weighted by atomic mass is 32.2. The van der Waals surface area contributed by atoms with Gasteiger partial charge in [0.05, 0.1) is 47.3 Å². The molecule has 2 heterocycles. The molecule has 8 N–H and O–H groups in total. The molecule has 2 fully saturated rings. The summed E-state index contributed by atoms with van der Waals surface area (Å²) in [6, 6.07) is 3.19. The molecule has 17 nitrogen and oxygen atoms in total. The van der Waals surface area contributed by atoms with Crippen molar-refractivity contribution in [2.24, 2.45) is 5.73 Å². The van der Waals surface area contributed by atoms with Crippen LogP contribution in [0.4, 0.5) is 0 Å². The number of likely N-dealkylation sites (tertiary alicyclic amines) is 1. The Morgan fingerprint density at radius 1 is 1.11 bits per heavy atom. The number of ketones is 3. The highest BCUT2D eigenvalue weighted by Crippen LogP contribution is 2.52. The lowest BCUT2D eigenvalue weighted by Gasteiger charge is -2.43. The maximum atomic E-state index is 13.9. The molecule has 4 aliphatic rings. The molecule has 0 aromatic heterocycles. The summed E-state index contributed by atoms with van der Waals surface area (Å²) in [5, 5.41) is 57.4. The van der Waals surface area contributed by atoms with Gasteiger partial charge in [-0.2, -0.15) is 0 Å². The first-order valence-corrected chi connectivity index (χ1v) is 17.9. The van der Waals surface area contributed by atoms with Crippen molar-refractivity contribution >= 4 is 46.8 Å². The van der Waals surface area contributed by atoms with Gasteiger partial charge in [-0.25, -0.2) is 0 Å². The van der Waals surface area contributed by atoms with E-state index >= 15 is 0 Å². The number of benzene rings is 2. The monoisotopic (exact) mass is 757 g/mol. The van der Waals surface area contributed by atoms with E-state index in [2.05, 4.69) is 5.32 Å². The van der Waals surface area contributed by atoms with Gasteiger partial charge in [0.2, 0.25) is 23.5 Å². The van der Waals surface area contributed by atoms with E-state index < -0.39 is 125 Å². The number of aliphatic hydroxyl groups excluding tert-OH is 2. The van der Waals surface area contributed by atoms with Crippen LogP contribution in [0.3, 0.4) is 0 Å². The SMILES string of the molecule is COc1cccc2c1C(=O)c1c(O)c3c(c(O)c1C2=O)C[C@@](O)(C(=O)CO)C[C@@H]3O[C@H]1C[C@H](NC(=O)CN2C(=O)CC(SCCN)C2=O)[C@H](O)[C@H](C)O1. The Hall–Kier alpha value is -4.43. The second-order valence-corrected chi connectivity index (χ2v) is 14.7. The van der Waals surface area contributed by atoms with Crippen molar-refractivity contribution in [3.8, 4) is 17.2 Å². The molecule has 18 heteroatoms. The number of hydrogen-bond acceptors (Lipinski definition) is 16. The number of methoxy groups -OCH3 is 1. The van der Waals surface area contributed by atoms with E-state index in [9.17, 15) is 54.3 Å². The number of rotatable bonds is 11. The van der Waals surface area contributed by atoms with Crippen molar-refractivity contribution in [3.63, 3.8) is 0 Å². The van der Waals surface area contributed by atoms with E-state index in [0.717, 1.165) is 4.90 Å². The summed E-state index contributed by atoms with van der Waals surface area (Å²) in [5.41, 5.74) is 1.24. The van der Waals surface area contributed by atoms with Gasteiger partial charge < -0.3 is 50.8 Å². The third-order valence-corrected chi connectivity index (χ3v) is 11.3. The molecular weight excluding hydrogens is 718 g/mol. The number of ether oxygens (including phenoxy) is 3. The maximum absolute atomic E-state index is 13.9. The van der Waals surface area contributed by atoms with Gasteiger partial charge in [0.25, 0.3) is 0 Å². The zero-order valence-electron chi connectivity index (χ0n) is 28.7. The van der Waals surface area contributed by atoms with Crippen LogP contribution in [0.15, 0.2) is 18.2 Å². The van der Waals surface area contributed by atoms with Crippen LogP contribution in [0.25, 0.3) is 0 Å². The average Bonchev–Trinajstić information content (AvgIpc) is 3.39. The average molecular weight is 758 g/mol. The minimum absolute atomic E-state index is 0.0406. The van der Waals surface area contributed by atoms with Crippen LogP contribution in [0.5, 0.6) is 17.2 Å². The number of thioether (sulfide) groups is 1. The predicted octanol–water partition coefficient (Wildman–Crippen LogP) is -1.02. The molecule has 53 heavy (non-hydrogen) atoms. The largest absolute Gasteiger partial charge is 0.507 e. The number of imide groups is 1. The number of amides is 3. The first-order chi connectivity index (χ1) is 25.1. The fourth-order valence-corrected chi connectivity index (χ4v) is 8.37. The number of hydrogen-bond donors (Lipinski definition) is 7. The maximum Gasteiger partial charge on any atom is 0.243 e. The predicted molar refractivity (Wildman–Crippen MR) is 182 cm³/mol. The molecule has 2 aliphatic carbocycles. The van der Waals surface area contributed by atoms with Gasteiger partial charge in [-0.15, -0.1) is 11.8 Å². The van der Waals surface area contributed by atoms with Gasteiger partial charge in [-0.05, 0) is 13.0 Å². The Kier molecular flexibility index (Phi) is 10.7. The number of aromatic hydroxyl groups is 2. The summed E-state index contributed by atoms with van der Waals surface area (Å²) in [6.45, 7) is 0.0701. The molecular formula is C35H39N3O14S. The van der Waals surface area contributed by atoms with Crippen LogP contribution in [0, 0.1) is 0 Å². The van der Waals surface area contributed by atoms with Crippen molar-refractivity contribution in [3.05, 3.63) is 51.6 Å². The topological polar surface area (TPSA) is 273 Å². The lowest BCUT2D eigenvalue weighted by molar-refractivity contribution is -0.249. The fraction of sp³-hybridized carbons (Fsp3) is 0.486. The fourth-order valence-electron chi connectivity index (χ4n) is 7.41. The quantitative estimate of drug-likeness (QED) is 0.0911. The summed E-state index contributed by atoms with van der Waals surface area (Å²) in [7, 11) is 1.29. The van der Waals surface area contributed by atoms with Gasteiger partial charge >= 0.3 is 0 Å². The van der Waals surface area contributed by atoms with E-state index in [1.54, 1.807) is 0 Å². The van der Waals surface area contributed by atoms with Gasteiger partial charge in [-0.3, -0.25) is 33.7 Å². The summed E-state index contributed by atoms with van der Waals surface area (Å²) in [6.07, 6.45) is -6.76. The van der Waals surface area contributed by atoms with Crippen LogP contribution in [0.2, 0.25) is 0 Å². The van der Waals surface area contributed by atoms with Crippen molar-refractivity contribution in [2.45, 2.75) is 74.1 Å². The Bertz CT molecular complexity index is 1900. The van der Waals surface area contributed by atoms with Crippen LogP contribution in [-0.2, 0) is 35.1 Å². The Labute approximate surface area is 306 Å². The molecule has 2 aromatic carbocycles. The normalized spacial score (nSPS) is 28.0. The van der Waals surface area contributed by atoms with E-state index in [4.69, 9.17) is 19.9 Å². The number of carbonyl (C=O) groups excluding carboxylic acids is 6. The number of nitrogens with zero attached hydrogens (tertiary/aromatic N) is 1. The number of Topliss-reactive ketones (excluding diaryl/α,β-unsaturated/α-hetero) is 1. The van der Waals surface area contributed by atoms with E-state index in [0.29, 0.717) is 12.3 Å². The number of nitrogens with one attached hydrogen (secondary N) is 1. The Balaban J connectivity index is 1.30. The summed E-state index contributed by atoms with van der Waals surface area (Å²) >= 11 is 1.22. The number of phenols is 2. The van der Waals surface area contributed by atoms with Crippen LogP contribution < -0.4 is 15.8 Å². The van der Waals surface area contributed by atoms with E-state index in [1.807, 2.05) is 0 Å². The molecule has 1 unspecified atom stereocenters. The Morgan fingerprint density at radius 2 is 1.83 bits per heavy atom. The summed E-state index contributed by atoms with van der Waals surface area (Å²) in [5.74, 6) is -5.61. The molecule has 0 saturated carbocycles. The first kappa shape index (κ1) is 38.3. The smallest absolute Gasteiger partial charge is 0.243 e. The first-order valence-electron chi connectivity index (χ1n) is 16.8. The van der Waals surface area contributed by atoms with Gasteiger partial charge in [-0.1, -0.05) is 12.1 Å². The molecule has 284 valence electrons. The van der Waals surface area contributed by atoms with Crippen LogP contribution >= 0.6 is 11.8 Å². The molecule has 6 rings (SSSR count). The van der Waals surface area contributed by atoms with Gasteiger partial charge in [0.15, 0.2) is 17.9 Å². The highest BCUT2D eigenvalue weighted by molar-refractivity contribution is 8.00. The molecule has 2 aromatic rings. The van der Waals surface area contributed by atoms with Gasteiger partial charge in [0, 0.05) is 54.7 Å². The number of carbonyl (C=O) groups is 6. The second-order valence-electron chi connectivity index (χ2n) is 13.3. The highest BCUT2D eigenvalue weighted by Gasteiger charge is 2.50. The van der Waals surface area contributed by atoms with Crippen molar-refractivity contribution < 1.29 is 68.5 Å². The standard InChI is InChI=1S/C35H39N3O14S/c1-14-29(43)17(37-22(41)12-38-23(42)9-20(34(38)48)53-7-6-36)8-24(51-14)52-19-11-35(49,21(40)13-39)10-16-26(19)33(47)28-27(31(16)45)30(44)15-4-3-5-18(50-2)25(15)32(28)46/h3-5,14,17,19-20,24,29,39,43,45,47,49H,6-13,36H2,1-2H3,(H,37,41)/t14-,17-,19-,20?,24-,29+,35-/m0/s1. The van der Waals surface area contributed by atoms with Gasteiger partial charge in [0.1, 0.15) is 42.1 Å². The zero-order chi connectivity index (χ0) is 38.5. The number of aliphatic hydroxyl groups is 3. The lowest BCUT2D eigenvalue weighted by atomic mass is 9.72. The molecule has 3 amide bonds. The Morgan fingerprint density at radius 3 is 2.51 bits per heavy atom. The number of fused-ring (bicyclic) bond motifs is 3. The molecule has 2 aliphatic heterocycles. The van der Waals surface area contributed by atoms with Crippen LogP contribution in [-0.4, -0.2) is 133 Å². The molecule has 0 bridgehead atoms.